The Kier molecular flexibility index (Phi) is 6.69. The molecule has 2 aromatic rings. The van der Waals surface area contributed by atoms with Crippen molar-refractivity contribution in [3.8, 4) is 17.3 Å². The number of carboxylic acid groups (broad SMARTS) is 1. The molecular weight excluding hydrogens is 402 g/mol. The Bertz CT molecular complexity index is 896. The highest BCUT2D eigenvalue weighted by Crippen LogP contribution is 2.27. The van der Waals surface area contributed by atoms with E-state index in [1.165, 1.54) is 10.8 Å². The summed E-state index contributed by atoms with van der Waals surface area (Å²) in [5, 5.41) is 24.3. The lowest BCUT2D eigenvalue weighted by atomic mass is 10.1. The first-order chi connectivity index (χ1) is 12.4. The number of carbonyl (C=O) groups excluding carboxylic acids is 2. The number of nitriles is 1. The Labute approximate surface area is 158 Å². The van der Waals surface area contributed by atoms with Crippen molar-refractivity contribution >= 4 is 33.9 Å². The van der Waals surface area contributed by atoms with Gasteiger partial charge in [-0.3, -0.25) is 4.68 Å². The van der Waals surface area contributed by atoms with Crippen LogP contribution in [0, 0.1) is 11.3 Å². The fraction of sp³-hybridized carbons (Fsp3) is 0.222. The van der Waals surface area contributed by atoms with Gasteiger partial charge in [0.1, 0.15) is 11.6 Å². The molecule has 26 heavy (non-hydrogen) atoms. The molecular formula is C18H15BrN3O4-. The van der Waals surface area contributed by atoms with Crippen molar-refractivity contribution < 1.29 is 19.4 Å². The number of hydrogen-bond donors (Lipinski definition) is 0. The maximum atomic E-state index is 11.9. The fourth-order valence-corrected chi connectivity index (χ4v) is 2.62. The molecule has 0 amide bonds. The molecule has 0 aliphatic heterocycles. The fourth-order valence-electron chi connectivity index (χ4n) is 2.22. The van der Waals surface area contributed by atoms with Crippen LogP contribution >= 0.6 is 15.9 Å². The van der Waals surface area contributed by atoms with Crippen LogP contribution in [0.3, 0.4) is 0 Å². The number of ether oxygens (including phenoxy) is 1. The number of aliphatic carboxylic acids is 1. The SMILES string of the molecule is CCOC(=O)/C(C#N)=C\c1cn(CCC(=O)[O-])nc1-c1cccc(Br)c1. The smallest absolute Gasteiger partial charge is 0.348 e. The highest BCUT2D eigenvalue weighted by Gasteiger charge is 2.15. The summed E-state index contributed by atoms with van der Waals surface area (Å²) in [6, 6.07) is 9.15. The Balaban J connectivity index is 2.50. The van der Waals surface area contributed by atoms with Gasteiger partial charge in [-0.25, -0.2) is 4.79 Å². The molecule has 134 valence electrons. The number of rotatable bonds is 7. The lowest BCUT2D eigenvalue weighted by molar-refractivity contribution is -0.306. The van der Waals surface area contributed by atoms with Crippen molar-refractivity contribution in [2.75, 3.05) is 6.61 Å². The van der Waals surface area contributed by atoms with E-state index in [1.54, 1.807) is 13.1 Å². The molecule has 0 spiro atoms. The van der Waals surface area contributed by atoms with Gasteiger partial charge in [0.15, 0.2) is 0 Å². The van der Waals surface area contributed by atoms with Gasteiger partial charge >= 0.3 is 5.97 Å². The van der Waals surface area contributed by atoms with E-state index in [0.717, 1.165) is 10.0 Å². The van der Waals surface area contributed by atoms with Crippen LogP contribution in [0.4, 0.5) is 0 Å². The second-order valence-corrected chi connectivity index (χ2v) is 6.13. The molecule has 0 unspecified atom stereocenters. The lowest BCUT2D eigenvalue weighted by Crippen LogP contribution is -2.23. The molecule has 0 saturated heterocycles. The van der Waals surface area contributed by atoms with E-state index < -0.39 is 11.9 Å². The van der Waals surface area contributed by atoms with Crippen molar-refractivity contribution in [1.29, 1.82) is 5.26 Å². The largest absolute Gasteiger partial charge is 0.550 e. The third-order valence-electron chi connectivity index (χ3n) is 3.35. The van der Waals surface area contributed by atoms with Crippen LogP contribution in [-0.2, 0) is 20.9 Å². The van der Waals surface area contributed by atoms with Crippen LogP contribution in [0.1, 0.15) is 18.9 Å². The monoisotopic (exact) mass is 416 g/mol. The van der Waals surface area contributed by atoms with Gasteiger partial charge in [-0.2, -0.15) is 10.4 Å². The molecule has 0 saturated carbocycles. The van der Waals surface area contributed by atoms with E-state index in [1.807, 2.05) is 30.3 Å². The summed E-state index contributed by atoms with van der Waals surface area (Å²) in [5.41, 5.74) is 1.61. The van der Waals surface area contributed by atoms with Crippen LogP contribution < -0.4 is 5.11 Å². The first-order valence-corrected chi connectivity index (χ1v) is 8.56. The zero-order chi connectivity index (χ0) is 19.1. The van der Waals surface area contributed by atoms with E-state index in [-0.39, 0.29) is 25.1 Å². The molecule has 1 aromatic carbocycles. The molecule has 0 aliphatic rings. The minimum atomic E-state index is -1.19. The Hall–Kier alpha value is -2.92. The van der Waals surface area contributed by atoms with Crippen LogP contribution in [0.25, 0.3) is 17.3 Å². The molecule has 1 heterocycles. The zero-order valence-corrected chi connectivity index (χ0v) is 15.5. The third-order valence-corrected chi connectivity index (χ3v) is 3.84. The highest BCUT2D eigenvalue weighted by molar-refractivity contribution is 9.10. The predicted molar refractivity (Wildman–Crippen MR) is 95.2 cm³/mol. The van der Waals surface area contributed by atoms with Crippen molar-refractivity contribution in [2.24, 2.45) is 0 Å². The standard InChI is InChI=1S/C18H16BrN3O4/c1-2-26-18(25)13(10-20)8-14-11-22(7-6-16(23)24)21-17(14)12-4-3-5-15(19)9-12/h3-5,8-9,11H,2,6-7H2,1H3,(H,23,24)/p-1/b13-8-. The topological polar surface area (TPSA) is 108 Å². The average molecular weight is 417 g/mol. The number of benzene rings is 1. The molecule has 0 aliphatic carbocycles. The maximum absolute atomic E-state index is 11.9. The average Bonchev–Trinajstić information content (AvgIpc) is 3.01. The van der Waals surface area contributed by atoms with Crippen LogP contribution in [0.5, 0.6) is 0 Å². The van der Waals surface area contributed by atoms with Gasteiger partial charge in [-0.1, -0.05) is 28.1 Å². The second kappa shape index (κ2) is 8.97. The molecule has 2 rings (SSSR count). The quantitative estimate of drug-likeness (QED) is 0.387. The van der Waals surface area contributed by atoms with Crippen molar-refractivity contribution in [2.45, 2.75) is 19.9 Å². The van der Waals surface area contributed by atoms with Crippen molar-refractivity contribution in [3.63, 3.8) is 0 Å². The van der Waals surface area contributed by atoms with Crippen molar-refractivity contribution in [1.82, 2.24) is 9.78 Å². The summed E-state index contributed by atoms with van der Waals surface area (Å²) in [7, 11) is 0. The van der Waals surface area contributed by atoms with E-state index in [9.17, 15) is 20.0 Å². The molecule has 0 radical (unpaired) electrons. The van der Waals surface area contributed by atoms with Gasteiger partial charge in [0.25, 0.3) is 0 Å². The minimum Gasteiger partial charge on any atom is -0.550 e. The summed E-state index contributed by atoms with van der Waals surface area (Å²) in [6.45, 7) is 1.91. The molecule has 0 N–H and O–H groups in total. The van der Waals surface area contributed by atoms with E-state index in [0.29, 0.717) is 11.3 Å². The second-order valence-electron chi connectivity index (χ2n) is 5.22. The summed E-state index contributed by atoms with van der Waals surface area (Å²) in [5.74, 6) is -1.91. The summed E-state index contributed by atoms with van der Waals surface area (Å²) < 4.78 is 7.14. The normalized spacial score (nSPS) is 11.0. The summed E-state index contributed by atoms with van der Waals surface area (Å²) >= 11 is 3.39. The number of carboxylic acids is 1. The van der Waals surface area contributed by atoms with Crippen molar-refractivity contribution in [3.05, 3.63) is 46.1 Å². The van der Waals surface area contributed by atoms with Crippen LogP contribution in [0.15, 0.2) is 40.5 Å². The Morgan fingerprint density at radius 3 is 2.85 bits per heavy atom. The molecule has 0 bridgehead atoms. The lowest BCUT2D eigenvalue weighted by Gasteiger charge is -2.02. The van der Waals surface area contributed by atoms with Gasteiger partial charge in [0, 0.05) is 40.7 Å². The molecule has 0 atom stereocenters. The van der Waals surface area contributed by atoms with Gasteiger partial charge < -0.3 is 14.6 Å². The first-order valence-electron chi connectivity index (χ1n) is 7.76. The van der Waals surface area contributed by atoms with Gasteiger partial charge in [0.05, 0.1) is 12.3 Å². The summed E-state index contributed by atoms with van der Waals surface area (Å²) in [6.07, 6.45) is 2.76. The molecule has 8 heteroatoms. The molecule has 0 fully saturated rings. The number of esters is 1. The van der Waals surface area contributed by atoms with Gasteiger partial charge in [-0.05, 0) is 25.1 Å². The van der Waals surface area contributed by atoms with Gasteiger partial charge in [0.2, 0.25) is 0 Å². The number of aryl methyl sites for hydroxylation is 1. The zero-order valence-electron chi connectivity index (χ0n) is 13.9. The minimum absolute atomic E-state index is 0.110. The van der Waals surface area contributed by atoms with E-state index in [2.05, 4.69) is 21.0 Å². The number of nitrogens with zero attached hydrogens (tertiary/aromatic N) is 3. The van der Waals surface area contributed by atoms with E-state index in [4.69, 9.17) is 4.74 Å². The van der Waals surface area contributed by atoms with Crippen LogP contribution in [-0.4, -0.2) is 28.3 Å². The number of carbonyl (C=O) groups is 2. The Morgan fingerprint density at radius 2 is 2.23 bits per heavy atom. The van der Waals surface area contributed by atoms with Crippen LogP contribution in [0.2, 0.25) is 0 Å². The summed E-state index contributed by atoms with van der Waals surface area (Å²) in [4.78, 5) is 22.6. The third kappa shape index (κ3) is 5.04. The van der Waals surface area contributed by atoms with E-state index >= 15 is 0 Å². The number of aromatic nitrogens is 2. The number of hydrogen-bond acceptors (Lipinski definition) is 6. The first kappa shape index (κ1) is 19.4. The molecule has 1 aromatic heterocycles. The Morgan fingerprint density at radius 1 is 1.46 bits per heavy atom. The predicted octanol–water partition coefficient (Wildman–Crippen LogP) is 1.92. The number of halogens is 1. The van der Waals surface area contributed by atoms with Gasteiger partial charge in [-0.15, -0.1) is 0 Å². The highest BCUT2D eigenvalue weighted by atomic mass is 79.9. The molecule has 7 nitrogen and oxygen atoms in total. The maximum Gasteiger partial charge on any atom is 0.348 e.